The van der Waals surface area contributed by atoms with Crippen LogP contribution < -0.4 is 0 Å². The van der Waals surface area contributed by atoms with Crippen LogP contribution in [-0.2, 0) is 11.8 Å². The van der Waals surface area contributed by atoms with E-state index < -0.39 is 0 Å². The van der Waals surface area contributed by atoms with Gasteiger partial charge in [-0.2, -0.15) is 5.10 Å². The number of para-hydroxylation sites is 1. The predicted molar refractivity (Wildman–Crippen MR) is 80.2 cm³/mol. The van der Waals surface area contributed by atoms with Gasteiger partial charge >= 0.3 is 0 Å². The zero-order valence-electron chi connectivity index (χ0n) is 11.6. The number of fused-ring (bicyclic) bond motifs is 1. The number of benzene rings is 1. The number of hydrogen-bond acceptors (Lipinski definition) is 2. The number of ether oxygens (including phenoxy) is 1. The number of aromatic nitrogens is 3. The second-order valence-corrected chi connectivity index (χ2v) is 4.17. The van der Waals surface area contributed by atoms with Crippen LogP contribution in [-0.4, -0.2) is 28.5 Å². The van der Waals surface area contributed by atoms with Gasteiger partial charge in [-0.1, -0.05) is 18.2 Å². The molecule has 3 rings (SSSR count). The number of nitrogens with one attached hydrogen (secondary N) is 1. The minimum Gasteiger partial charge on any atom is -0.385 e. The van der Waals surface area contributed by atoms with E-state index in [9.17, 15) is 0 Å². The molecule has 0 aliphatic rings. The van der Waals surface area contributed by atoms with Crippen molar-refractivity contribution in [3.63, 3.8) is 0 Å². The van der Waals surface area contributed by atoms with E-state index in [4.69, 9.17) is 0 Å². The molecular formula is C15H21N3O. The third-order valence-electron chi connectivity index (χ3n) is 2.97. The summed E-state index contributed by atoms with van der Waals surface area (Å²) < 4.78 is 6.43. The summed E-state index contributed by atoms with van der Waals surface area (Å²) >= 11 is 0. The molecule has 2 heterocycles. The summed E-state index contributed by atoms with van der Waals surface area (Å²) in [6.45, 7) is 2.78. The van der Waals surface area contributed by atoms with Gasteiger partial charge in [-0.05, 0) is 19.1 Å². The second kappa shape index (κ2) is 6.20. The average molecular weight is 259 g/mol. The van der Waals surface area contributed by atoms with E-state index in [0.29, 0.717) is 0 Å². The number of rotatable bonds is 2. The SMILES string of the molecule is CCOC.Cn1nccc1-c1c[nH]c2ccccc12.[HH]. The minimum atomic E-state index is 0. The first-order chi connectivity index (χ1) is 9.27. The fraction of sp³-hybridized carbons (Fsp3) is 0.267. The van der Waals surface area contributed by atoms with Crippen LogP contribution in [0.1, 0.15) is 8.35 Å². The fourth-order valence-electron chi connectivity index (χ4n) is 1.92. The lowest BCUT2D eigenvalue weighted by Gasteiger charge is -1.99. The minimum absolute atomic E-state index is 0. The van der Waals surface area contributed by atoms with E-state index >= 15 is 0 Å². The second-order valence-electron chi connectivity index (χ2n) is 4.17. The van der Waals surface area contributed by atoms with Gasteiger partial charge in [0.2, 0.25) is 0 Å². The smallest absolute Gasteiger partial charge is 0.0700 e. The Balaban J connectivity index is 0.000000359. The fourth-order valence-corrected chi connectivity index (χ4v) is 1.92. The quantitative estimate of drug-likeness (QED) is 0.765. The number of aromatic amines is 1. The molecule has 0 radical (unpaired) electrons. The van der Waals surface area contributed by atoms with E-state index in [0.717, 1.165) is 17.8 Å². The van der Waals surface area contributed by atoms with Gasteiger partial charge < -0.3 is 9.72 Å². The van der Waals surface area contributed by atoms with Crippen molar-refractivity contribution < 1.29 is 6.16 Å². The molecule has 0 saturated carbocycles. The van der Waals surface area contributed by atoms with Crippen LogP contribution >= 0.6 is 0 Å². The highest BCUT2D eigenvalue weighted by molar-refractivity contribution is 5.94. The van der Waals surface area contributed by atoms with Crippen LogP contribution in [0, 0.1) is 0 Å². The summed E-state index contributed by atoms with van der Waals surface area (Å²) in [6.07, 6.45) is 3.85. The van der Waals surface area contributed by atoms with Gasteiger partial charge in [0.25, 0.3) is 0 Å². The summed E-state index contributed by atoms with van der Waals surface area (Å²) in [7, 11) is 3.64. The molecule has 0 amide bonds. The molecule has 0 bridgehead atoms. The summed E-state index contributed by atoms with van der Waals surface area (Å²) in [6, 6.07) is 10.3. The van der Waals surface area contributed by atoms with E-state index in [2.05, 4.69) is 33.0 Å². The van der Waals surface area contributed by atoms with Crippen molar-refractivity contribution in [3.8, 4) is 11.3 Å². The molecule has 2 aromatic heterocycles. The largest absolute Gasteiger partial charge is 0.385 e. The van der Waals surface area contributed by atoms with Crippen molar-refractivity contribution in [3.05, 3.63) is 42.7 Å². The molecule has 3 aromatic rings. The zero-order valence-corrected chi connectivity index (χ0v) is 11.6. The standard InChI is InChI=1S/C12H11N3.C3H8O.H2/c1-15-12(6-7-14-15)10-8-13-11-5-3-2-4-9(10)11;1-3-4-2;/h2-8,13H,1H3;3H2,1-2H3;1H. The van der Waals surface area contributed by atoms with Crippen LogP contribution in [0.2, 0.25) is 0 Å². The highest BCUT2D eigenvalue weighted by atomic mass is 16.5. The molecule has 1 aromatic carbocycles. The maximum Gasteiger partial charge on any atom is 0.0700 e. The van der Waals surface area contributed by atoms with E-state index in [1.54, 1.807) is 7.11 Å². The van der Waals surface area contributed by atoms with Gasteiger partial charge in [-0.3, -0.25) is 4.68 Å². The van der Waals surface area contributed by atoms with E-state index in [-0.39, 0.29) is 1.43 Å². The van der Waals surface area contributed by atoms with Gasteiger partial charge in [-0.25, -0.2) is 0 Å². The Bertz CT molecular complexity index is 643. The van der Waals surface area contributed by atoms with Crippen LogP contribution in [0.15, 0.2) is 42.7 Å². The van der Waals surface area contributed by atoms with Gasteiger partial charge in [0.15, 0.2) is 0 Å². The van der Waals surface area contributed by atoms with Gasteiger partial charge in [-0.15, -0.1) is 0 Å². The number of aryl methyl sites for hydroxylation is 1. The molecular weight excluding hydrogens is 238 g/mol. The van der Waals surface area contributed by atoms with Crippen molar-refractivity contribution >= 4 is 10.9 Å². The Morgan fingerprint density at radius 3 is 2.68 bits per heavy atom. The average Bonchev–Trinajstić information content (AvgIpc) is 3.04. The monoisotopic (exact) mass is 259 g/mol. The van der Waals surface area contributed by atoms with Gasteiger partial charge in [0.1, 0.15) is 0 Å². The van der Waals surface area contributed by atoms with Crippen molar-refractivity contribution in [2.24, 2.45) is 7.05 Å². The first-order valence-electron chi connectivity index (χ1n) is 6.31. The van der Waals surface area contributed by atoms with Crippen molar-refractivity contribution in [1.82, 2.24) is 14.8 Å². The molecule has 0 aliphatic heterocycles. The molecule has 102 valence electrons. The van der Waals surface area contributed by atoms with Crippen molar-refractivity contribution in [2.75, 3.05) is 13.7 Å². The Morgan fingerprint density at radius 1 is 1.32 bits per heavy atom. The molecule has 1 N–H and O–H groups in total. The summed E-state index contributed by atoms with van der Waals surface area (Å²) in [4.78, 5) is 3.26. The Hall–Kier alpha value is -2.07. The molecule has 0 fully saturated rings. The highest BCUT2D eigenvalue weighted by Crippen LogP contribution is 2.27. The first kappa shape index (κ1) is 13.4. The Labute approximate surface area is 114 Å². The Kier molecular flexibility index (Phi) is 4.36. The van der Waals surface area contributed by atoms with Crippen LogP contribution in [0.4, 0.5) is 0 Å². The maximum absolute atomic E-state index is 4.54. The topological polar surface area (TPSA) is 42.8 Å². The van der Waals surface area contributed by atoms with Crippen molar-refractivity contribution in [1.29, 1.82) is 0 Å². The lowest BCUT2D eigenvalue weighted by Crippen LogP contribution is -1.92. The lowest BCUT2D eigenvalue weighted by molar-refractivity contribution is 0.215. The normalized spacial score (nSPS) is 10.3. The summed E-state index contributed by atoms with van der Waals surface area (Å²) in [5.41, 5.74) is 3.49. The molecule has 0 aliphatic carbocycles. The maximum atomic E-state index is 4.54. The predicted octanol–water partition coefficient (Wildman–Crippen LogP) is 3.47. The van der Waals surface area contributed by atoms with E-state index in [1.165, 1.54) is 10.9 Å². The Morgan fingerprint density at radius 2 is 2.05 bits per heavy atom. The molecule has 4 heteroatoms. The first-order valence-corrected chi connectivity index (χ1v) is 6.31. The molecule has 0 spiro atoms. The zero-order chi connectivity index (χ0) is 13.7. The van der Waals surface area contributed by atoms with Crippen LogP contribution in [0.3, 0.4) is 0 Å². The number of hydrogen-bond donors (Lipinski definition) is 1. The number of methoxy groups -OCH3 is 1. The summed E-state index contributed by atoms with van der Waals surface area (Å²) in [5, 5.41) is 5.42. The molecule has 0 unspecified atom stereocenters. The van der Waals surface area contributed by atoms with E-state index in [1.807, 2.05) is 43.2 Å². The highest BCUT2D eigenvalue weighted by Gasteiger charge is 2.07. The van der Waals surface area contributed by atoms with Crippen LogP contribution in [0.5, 0.6) is 0 Å². The molecule has 0 saturated heterocycles. The molecule has 19 heavy (non-hydrogen) atoms. The number of nitrogens with zero attached hydrogens (tertiary/aromatic N) is 2. The van der Waals surface area contributed by atoms with Crippen LogP contribution in [0.25, 0.3) is 22.2 Å². The number of H-pyrrole nitrogens is 1. The van der Waals surface area contributed by atoms with Gasteiger partial charge in [0, 0.05) is 51.1 Å². The summed E-state index contributed by atoms with van der Waals surface area (Å²) in [5.74, 6) is 0. The van der Waals surface area contributed by atoms with Crippen molar-refractivity contribution in [2.45, 2.75) is 6.92 Å². The molecule has 4 nitrogen and oxygen atoms in total. The molecule has 0 atom stereocenters. The lowest BCUT2D eigenvalue weighted by atomic mass is 10.1. The van der Waals surface area contributed by atoms with Gasteiger partial charge in [0.05, 0.1) is 5.69 Å². The third kappa shape index (κ3) is 2.85. The third-order valence-corrected chi connectivity index (χ3v) is 2.97.